The van der Waals surface area contributed by atoms with Gasteiger partial charge in [-0.3, -0.25) is 0 Å². The molecule has 0 bridgehead atoms. The monoisotopic (exact) mass is 231 g/mol. The van der Waals surface area contributed by atoms with Gasteiger partial charge in [-0.1, -0.05) is 6.07 Å². The fourth-order valence-corrected chi connectivity index (χ4v) is 2.02. The van der Waals surface area contributed by atoms with Crippen molar-refractivity contribution in [2.75, 3.05) is 5.75 Å². The summed E-state index contributed by atoms with van der Waals surface area (Å²) in [6.07, 6.45) is 2.11. The van der Waals surface area contributed by atoms with Crippen LogP contribution in [0.25, 0.3) is 5.69 Å². The molecule has 0 fully saturated rings. The third-order valence-electron chi connectivity index (χ3n) is 1.91. The molecule has 0 unspecified atom stereocenters. The van der Waals surface area contributed by atoms with E-state index < -0.39 is 0 Å². The van der Waals surface area contributed by atoms with E-state index >= 15 is 0 Å². The lowest BCUT2D eigenvalue weighted by Gasteiger charge is -2.02. The normalized spacial score (nSPS) is 9.94. The van der Waals surface area contributed by atoms with Crippen molar-refractivity contribution in [2.45, 2.75) is 11.3 Å². The Kier molecular flexibility index (Phi) is 3.51. The molecule has 0 aliphatic heterocycles. The average molecular weight is 231 g/mol. The van der Waals surface area contributed by atoms with Crippen LogP contribution in [0.1, 0.15) is 6.42 Å². The van der Waals surface area contributed by atoms with Crippen LogP contribution in [-0.4, -0.2) is 26.0 Å². The van der Waals surface area contributed by atoms with E-state index in [0.29, 0.717) is 6.42 Å². The van der Waals surface area contributed by atoms with Gasteiger partial charge in [-0.05, 0) is 28.6 Å². The number of thioether (sulfide) groups is 1. The highest BCUT2D eigenvalue weighted by molar-refractivity contribution is 7.99. The van der Waals surface area contributed by atoms with Gasteiger partial charge in [0, 0.05) is 17.1 Å². The molecule has 2 rings (SSSR count). The predicted molar refractivity (Wildman–Crippen MR) is 60.1 cm³/mol. The van der Waals surface area contributed by atoms with E-state index in [-0.39, 0.29) is 0 Å². The van der Waals surface area contributed by atoms with Crippen LogP contribution in [0.2, 0.25) is 0 Å². The first kappa shape index (κ1) is 10.6. The van der Waals surface area contributed by atoms with Crippen molar-refractivity contribution in [1.29, 1.82) is 5.26 Å². The van der Waals surface area contributed by atoms with Gasteiger partial charge in [-0.2, -0.15) is 5.26 Å². The van der Waals surface area contributed by atoms with Gasteiger partial charge in [0.2, 0.25) is 0 Å². The standard InChI is InChI=1S/C10H9N5S/c11-5-2-6-16-10-4-1-3-9(7-10)15-8-12-13-14-15/h1,3-4,7-8H,2,6H2. The van der Waals surface area contributed by atoms with Gasteiger partial charge in [-0.15, -0.1) is 16.9 Å². The predicted octanol–water partition coefficient (Wildman–Crippen LogP) is 1.67. The molecule has 1 heterocycles. The summed E-state index contributed by atoms with van der Waals surface area (Å²) in [5.74, 6) is 0.801. The second-order valence-corrected chi connectivity index (χ2v) is 4.18. The van der Waals surface area contributed by atoms with Gasteiger partial charge in [0.1, 0.15) is 6.33 Å². The molecule has 0 aliphatic carbocycles. The molecule has 0 saturated heterocycles. The lowest BCUT2D eigenvalue weighted by atomic mass is 10.3. The Morgan fingerprint density at radius 2 is 2.38 bits per heavy atom. The van der Waals surface area contributed by atoms with E-state index in [1.807, 2.05) is 24.3 Å². The Bertz CT molecular complexity index is 488. The van der Waals surface area contributed by atoms with Gasteiger partial charge < -0.3 is 0 Å². The molecule has 16 heavy (non-hydrogen) atoms. The minimum atomic E-state index is 0.555. The highest BCUT2D eigenvalue weighted by atomic mass is 32.2. The highest BCUT2D eigenvalue weighted by Crippen LogP contribution is 2.20. The number of hydrogen-bond acceptors (Lipinski definition) is 5. The molecule has 0 saturated carbocycles. The number of nitriles is 1. The van der Waals surface area contributed by atoms with Crippen LogP contribution < -0.4 is 0 Å². The second-order valence-electron chi connectivity index (χ2n) is 3.01. The van der Waals surface area contributed by atoms with Crippen molar-refractivity contribution in [3.63, 3.8) is 0 Å². The van der Waals surface area contributed by atoms with Crippen LogP contribution in [-0.2, 0) is 0 Å². The van der Waals surface area contributed by atoms with E-state index in [9.17, 15) is 0 Å². The maximum Gasteiger partial charge on any atom is 0.143 e. The summed E-state index contributed by atoms with van der Waals surface area (Å²) < 4.78 is 1.61. The summed E-state index contributed by atoms with van der Waals surface area (Å²) in [6.45, 7) is 0. The SMILES string of the molecule is N#CCCSc1cccc(-n2cnnn2)c1. The molecule has 1 aromatic heterocycles. The Morgan fingerprint density at radius 3 is 3.12 bits per heavy atom. The van der Waals surface area contributed by atoms with E-state index in [1.165, 1.54) is 0 Å². The smallest absolute Gasteiger partial charge is 0.143 e. The number of benzene rings is 1. The molecular formula is C10H9N5S. The zero-order chi connectivity index (χ0) is 11.2. The topological polar surface area (TPSA) is 67.4 Å². The highest BCUT2D eigenvalue weighted by Gasteiger charge is 1.99. The summed E-state index contributed by atoms with van der Waals surface area (Å²) >= 11 is 1.65. The van der Waals surface area contributed by atoms with Gasteiger partial charge in [0.15, 0.2) is 0 Å². The fraction of sp³-hybridized carbons (Fsp3) is 0.200. The van der Waals surface area contributed by atoms with Gasteiger partial charge in [0.25, 0.3) is 0 Å². The Balaban J connectivity index is 2.11. The van der Waals surface area contributed by atoms with Gasteiger partial charge in [0.05, 0.1) is 11.8 Å². The summed E-state index contributed by atoms with van der Waals surface area (Å²) in [4.78, 5) is 1.11. The largest absolute Gasteiger partial charge is 0.201 e. The summed E-state index contributed by atoms with van der Waals surface area (Å²) in [6, 6.07) is 10.0. The number of nitrogens with zero attached hydrogens (tertiary/aromatic N) is 5. The van der Waals surface area contributed by atoms with Crippen LogP contribution in [0.4, 0.5) is 0 Å². The van der Waals surface area contributed by atoms with E-state index in [1.54, 1.807) is 22.8 Å². The molecule has 2 aromatic rings. The van der Waals surface area contributed by atoms with Crippen LogP contribution in [0, 0.1) is 11.3 Å². The summed E-state index contributed by atoms with van der Waals surface area (Å²) in [7, 11) is 0. The molecule has 80 valence electrons. The van der Waals surface area contributed by atoms with Crippen molar-refractivity contribution in [3.05, 3.63) is 30.6 Å². The minimum absolute atomic E-state index is 0.555. The van der Waals surface area contributed by atoms with Crippen molar-refractivity contribution in [3.8, 4) is 11.8 Å². The molecule has 5 nitrogen and oxygen atoms in total. The third kappa shape index (κ3) is 2.58. The van der Waals surface area contributed by atoms with Crippen molar-refractivity contribution < 1.29 is 0 Å². The lowest BCUT2D eigenvalue weighted by Crippen LogP contribution is -1.94. The number of aromatic nitrogens is 4. The first-order valence-electron chi connectivity index (χ1n) is 4.73. The van der Waals surface area contributed by atoms with Crippen LogP contribution in [0.15, 0.2) is 35.5 Å². The molecule has 0 spiro atoms. The molecule has 1 aromatic carbocycles. The molecule has 6 heteroatoms. The van der Waals surface area contributed by atoms with E-state index in [2.05, 4.69) is 21.6 Å². The molecule has 0 atom stereocenters. The second kappa shape index (κ2) is 5.28. The summed E-state index contributed by atoms with van der Waals surface area (Å²) in [5, 5.41) is 19.4. The van der Waals surface area contributed by atoms with Crippen molar-refractivity contribution >= 4 is 11.8 Å². The molecule has 0 amide bonds. The zero-order valence-electron chi connectivity index (χ0n) is 8.45. The molecule has 0 N–H and O–H groups in total. The van der Waals surface area contributed by atoms with Crippen LogP contribution in [0.3, 0.4) is 0 Å². The first-order valence-corrected chi connectivity index (χ1v) is 5.72. The Morgan fingerprint density at radius 1 is 1.44 bits per heavy atom. The Labute approximate surface area is 97.1 Å². The van der Waals surface area contributed by atoms with Crippen molar-refractivity contribution in [1.82, 2.24) is 20.2 Å². The average Bonchev–Trinajstić information content (AvgIpc) is 2.83. The van der Waals surface area contributed by atoms with Crippen LogP contribution in [0.5, 0.6) is 0 Å². The zero-order valence-corrected chi connectivity index (χ0v) is 9.26. The third-order valence-corrected chi connectivity index (χ3v) is 2.91. The van der Waals surface area contributed by atoms with Gasteiger partial charge in [-0.25, -0.2) is 4.68 Å². The number of tetrazole rings is 1. The lowest BCUT2D eigenvalue weighted by molar-refractivity contribution is 0.787. The number of rotatable bonds is 4. The summed E-state index contributed by atoms with van der Waals surface area (Å²) in [5.41, 5.74) is 0.923. The maximum absolute atomic E-state index is 8.46. The maximum atomic E-state index is 8.46. The minimum Gasteiger partial charge on any atom is -0.201 e. The Hall–Kier alpha value is -1.87. The van der Waals surface area contributed by atoms with Crippen molar-refractivity contribution in [2.24, 2.45) is 0 Å². The molecule has 0 aliphatic rings. The number of hydrogen-bond donors (Lipinski definition) is 0. The quantitative estimate of drug-likeness (QED) is 0.591. The molecular weight excluding hydrogens is 222 g/mol. The first-order chi connectivity index (χ1) is 7.90. The fourth-order valence-electron chi connectivity index (χ4n) is 1.21. The van der Waals surface area contributed by atoms with Gasteiger partial charge >= 0.3 is 0 Å². The van der Waals surface area contributed by atoms with E-state index in [4.69, 9.17) is 5.26 Å². The molecule has 0 radical (unpaired) electrons. The van der Waals surface area contributed by atoms with Crippen LogP contribution >= 0.6 is 11.8 Å². The van der Waals surface area contributed by atoms with E-state index in [0.717, 1.165) is 16.3 Å².